The number of carbonyl (C=O) groups is 3. The lowest BCUT2D eigenvalue weighted by Gasteiger charge is -2.23. The molecule has 0 bridgehead atoms. The van der Waals surface area contributed by atoms with E-state index in [0.717, 1.165) is 11.1 Å². The fourth-order valence-corrected chi connectivity index (χ4v) is 5.72. The van der Waals surface area contributed by atoms with Crippen LogP contribution in [0.25, 0.3) is 11.1 Å². The summed E-state index contributed by atoms with van der Waals surface area (Å²) in [6.45, 7) is 10.6. The van der Waals surface area contributed by atoms with Gasteiger partial charge in [-0.2, -0.15) is 0 Å². The van der Waals surface area contributed by atoms with Crippen LogP contribution in [0.3, 0.4) is 0 Å². The van der Waals surface area contributed by atoms with Crippen molar-refractivity contribution in [3.63, 3.8) is 0 Å². The molecule has 2 aromatic carbocycles. The Kier molecular flexibility index (Phi) is 14.6. The first-order chi connectivity index (χ1) is 26.7. The molecule has 14 nitrogen and oxygen atoms in total. The largest absolute Gasteiger partial charge is 0.503 e. The molecule has 3 aromatic heterocycles. The average Bonchev–Trinajstić information content (AvgIpc) is 3.20. The second kappa shape index (κ2) is 19.3. The highest BCUT2D eigenvalue weighted by atomic mass is 16.5. The molecule has 56 heavy (non-hydrogen) atoms. The molecule has 0 amide bonds. The number of esters is 2. The van der Waals surface area contributed by atoms with Crippen LogP contribution in [0.1, 0.15) is 87.5 Å². The fraction of sp³-hybridized carbons (Fsp3) is 0.357. The van der Waals surface area contributed by atoms with Crippen molar-refractivity contribution in [2.24, 2.45) is 5.92 Å². The molecule has 0 fully saturated rings. The van der Waals surface area contributed by atoms with Gasteiger partial charge in [0.1, 0.15) is 18.2 Å². The SMILES string of the molecule is COc1ccnc(C(=O)C[C@@H](C)C(=O)O[C@@H](C)[C@@H](C)c2ccccc2)c1O.COc1ccnc2c(=O)n([C@@H](C)C(=O)O[C@@H](C)[C@@H](C)c3ccccc3)c(=O)oc12. The molecule has 0 unspecified atom stereocenters. The second-order valence-electron chi connectivity index (χ2n) is 13.3. The van der Waals surface area contributed by atoms with Gasteiger partial charge < -0.3 is 28.5 Å². The van der Waals surface area contributed by atoms with Crippen molar-refractivity contribution in [2.45, 2.75) is 78.0 Å². The van der Waals surface area contributed by atoms with Crippen molar-refractivity contribution < 1.29 is 42.9 Å². The van der Waals surface area contributed by atoms with Gasteiger partial charge in [0.25, 0.3) is 5.56 Å². The highest BCUT2D eigenvalue weighted by Crippen LogP contribution is 2.30. The topological polar surface area (TPSA) is 186 Å². The van der Waals surface area contributed by atoms with Crippen LogP contribution in [0.15, 0.2) is 99.2 Å². The molecule has 0 aliphatic carbocycles. The third kappa shape index (κ3) is 10.1. The maximum atomic E-state index is 12.8. The van der Waals surface area contributed by atoms with Gasteiger partial charge in [0.15, 0.2) is 34.2 Å². The number of aromatic hydroxyl groups is 1. The molecule has 1 N–H and O–H groups in total. The van der Waals surface area contributed by atoms with E-state index in [1.165, 1.54) is 45.7 Å². The lowest BCUT2D eigenvalue weighted by atomic mass is 9.96. The number of ether oxygens (including phenoxy) is 4. The van der Waals surface area contributed by atoms with Gasteiger partial charge in [0.2, 0.25) is 5.58 Å². The summed E-state index contributed by atoms with van der Waals surface area (Å²) in [4.78, 5) is 70.5. The summed E-state index contributed by atoms with van der Waals surface area (Å²) in [5, 5.41) is 10.0. The van der Waals surface area contributed by atoms with Crippen LogP contribution in [0.4, 0.5) is 0 Å². The zero-order chi connectivity index (χ0) is 41.1. The standard InChI is InChI=1S/C21H22N2O6.C21H25NO5/c1-12(15-8-6-5-7-9-15)14(3)28-20(25)13(2)23-19(24)17-18(29-21(23)26)16(27-4)10-11-22-17;1-13(12-17(23)19-20(24)18(26-4)10-11-22-19)21(25)27-15(3)14(2)16-8-6-5-7-9-16/h5-14H,1-4H3;5-11,13-15,24H,12H2,1-4H3/t12-,13+,14+;13-,14-,15+/m11/s1. The number of hydrogen-bond acceptors (Lipinski definition) is 13. The summed E-state index contributed by atoms with van der Waals surface area (Å²) >= 11 is 0. The maximum absolute atomic E-state index is 12.8. The number of ketones is 1. The fourth-order valence-electron chi connectivity index (χ4n) is 5.72. The Labute approximate surface area is 324 Å². The first-order valence-corrected chi connectivity index (χ1v) is 18.0. The number of carbonyl (C=O) groups excluding carboxylic acids is 3. The number of fused-ring (bicyclic) bond motifs is 1. The molecule has 0 aliphatic rings. The highest BCUT2D eigenvalue weighted by Gasteiger charge is 2.28. The predicted octanol–water partition coefficient (Wildman–Crippen LogP) is 6.39. The van der Waals surface area contributed by atoms with E-state index in [1.54, 1.807) is 13.8 Å². The zero-order valence-corrected chi connectivity index (χ0v) is 32.6. The van der Waals surface area contributed by atoms with E-state index in [1.807, 2.05) is 81.4 Å². The Bertz CT molecular complexity index is 2240. The van der Waals surface area contributed by atoms with Gasteiger partial charge in [-0.3, -0.25) is 14.4 Å². The number of aromatic nitrogens is 3. The lowest BCUT2D eigenvalue weighted by molar-refractivity contribution is -0.154. The molecule has 0 radical (unpaired) electrons. The van der Waals surface area contributed by atoms with Gasteiger partial charge in [-0.15, -0.1) is 0 Å². The molecule has 5 rings (SSSR count). The number of rotatable bonds is 14. The van der Waals surface area contributed by atoms with Gasteiger partial charge in [-0.1, -0.05) is 81.4 Å². The van der Waals surface area contributed by atoms with Crippen LogP contribution >= 0.6 is 0 Å². The molecule has 3 heterocycles. The summed E-state index contributed by atoms with van der Waals surface area (Å²) in [7, 11) is 2.77. The summed E-state index contributed by atoms with van der Waals surface area (Å²) in [5.41, 5.74) is 1.07. The van der Waals surface area contributed by atoms with E-state index < -0.39 is 47.1 Å². The molecule has 296 valence electrons. The number of benzene rings is 2. The first-order valence-electron chi connectivity index (χ1n) is 18.0. The summed E-state index contributed by atoms with van der Waals surface area (Å²) in [5.74, 6) is -3.25. The summed E-state index contributed by atoms with van der Waals surface area (Å²) < 4.78 is 27.0. The van der Waals surface area contributed by atoms with E-state index in [0.29, 0.717) is 4.57 Å². The minimum absolute atomic E-state index is 0.0298. The van der Waals surface area contributed by atoms with Crippen molar-refractivity contribution in [2.75, 3.05) is 14.2 Å². The van der Waals surface area contributed by atoms with Crippen LogP contribution in [-0.2, 0) is 19.1 Å². The molecule has 5 aromatic rings. The van der Waals surface area contributed by atoms with Crippen LogP contribution < -0.4 is 20.8 Å². The molecule has 0 saturated carbocycles. The number of methoxy groups -OCH3 is 2. The first kappa shape index (κ1) is 42.4. The van der Waals surface area contributed by atoms with Gasteiger partial charge in [0.05, 0.1) is 20.1 Å². The van der Waals surface area contributed by atoms with Crippen molar-refractivity contribution >= 4 is 28.8 Å². The third-order valence-corrected chi connectivity index (χ3v) is 9.55. The van der Waals surface area contributed by atoms with Crippen LogP contribution in [0.2, 0.25) is 0 Å². The number of Topliss-reactive ketones (excluding diaryl/α,β-unsaturated/α-hetero) is 1. The number of nitrogens with zero attached hydrogens (tertiary/aromatic N) is 3. The van der Waals surface area contributed by atoms with E-state index >= 15 is 0 Å². The minimum Gasteiger partial charge on any atom is -0.503 e. The molecule has 14 heteroatoms. The summed E-state index contributed by atoms with van der Waals surface area (Å²) in [6, 6.07) is 21.1. The van der Waals surface area contributed by atoms with E-state index in [2.05, 4.69) is 9.97 Å². The minimum atomic E-state index is -1.18. The van der Waals surface area contributed by atoms with Gasteiger partial charge in [-0.05, 0) is 31.9 Å². The summed E-state index contributed by atoms with van der Waals surface area (Å²) in [6.07, 6.45) is 1.83. The van der Waals surface area contributed by atoms with Crippen molar-refractivity contribution in [1.82, 2.24) is 14.5 Å². The number of pyridine rings is 2. The van der Waals surface area contributed by atoms with Crippen molar-refractivity contribution in [3.8, 4) is 17.2 Å². The molecule has 0 aliphatic heterocycles. The Hall–Kier alpha value is -6.31. The lowest BCUT2D eigenvalue weighted by Crippen LogP contribution is -2.39. The molecular weight excluding hydrogens is 722 g/mol. The normalized spacial score (nSPS) is 14.1. The quantitative estimate of drug-likeness (QED) is 0.0968. The Morgan fingerprint density at radius 2 is 1.21 bits per heavy atom. The third-order valence-electron chi connectivity index (χ3n) is 9.55. The van der Waals surface area contributed by atoms with E-state index in [4.69, 9.17) is 23.4 Å². The smallest absolute Gasteiger partial charge is 0.423 e. The van der Waals surface area contributed by atoms with E-state index in [-0.39, 0.29) is 58.4 Å². The van der Waals surface area contributed by atoms with Crippen LogP contribution in [0.5, 0.6) is 17.2 Å². The number of hydrogen-bond donors (Lipinski definition) is 1. The predicted molar refractivity (Wildman–Crippen MR) is 207 cm³/mol. The van der Waals surface area contributed by atoms with Crippen LogP contribution in [-0.4, -0.2) is 63.8 Å². The Balaban J connectivity index is 0.000000249. The van der Waals surface area contributed by atoms with Gasteiger partial charge in [-0.25, -0.2) is 24.1 Å². The molecular formula is C42H47N3O11. The molecule has 6 atom stereocenters. The van der Waals surface area contributed by atoms with Crippen molar-refractivity contribution in [3.05, 3.63) is 123 Å². The van der Waals surface area contributed by atoms with Gasteiger partial charge in [0, 0.05) is 42.8 Å². The molecule has 0 spiro atoms. The Morgan fingerprint density at radius 1 is 0.714 bits per heavy atom. The zero-order valence-electron chi connectivity index (χ0n) is 32.6. The molecule has 0 saturated heterocycles. The van der Waals surface area contributed by atoms with Gasteiger partial charge >= 0.3 is 17.7 Å². The van der Waals surface area contributed by atoms with Crippen molar-refractivity contribution in [1.29, 1.82) is 0 Å². The monoisotopic (exact) mass is 769 g/mol. The van der Waals surface area contributed by atoms with Crippen LogP contribution in [0, 0.1) is 5.92 Å². The Morgan fingerprint density at radius 3 is 1.75 bits per heavy atom. The average molecular weight is 770 g/mol. The van der Waals surface area contributed by atoms with E-state index in [9.17, 15) is 29.1 Å². The maximum Gasteiger partial charge on any atom is 0.423 e. The highest BCUT2D eigenvalue weighted by molar-refractivity contribution is 5.99. The second-order valence-corrected chi connectivity index (χ2v) is 13.3.